The quantitative estimate of drug-likeness (QED) is 0.833. The molecule has 0 saturated carbocycles. The molecule has 2 aromatic rings. The van der Waals surface area contributed by atoms with E-state index in [1.807, 2.05) is 12.1 Å². The van der Waals surface area contributed by atoms with Crippen molar-refractivity contribution in [3.63, 3.8) is 0 Å². The molecule has 2 rings (SSSR count). The maximum Gasteiger partial charge on any atom is 0.264 e. The van der Waals surface area contributed by atoms with Crippen molar-refractivity contribution in [2.45, 2.75) is 6.54 Å². The van der Waals surface area contributed by atoms with Crippen molar-refractivity contribution in [2.75, 3.05) is 11.9 Å². The van der Waals surface area contributed by atoms with E-state index in [1.165, 1.54) is 0 Å². The number of carbonyl (C=O) groups excluding carboxylic acids is 1. The molecule has 0 spiro atoms. The summed E-state index contributed by atoms with van der Waals surface area (Å²) in [5.74, 6) is 0.545. The molecule has 0 bridgehead atoms. The predicted molar refractivity (Wildman–Crippen MR) is 70.5 cm³/mol. The van der Waals surface area contributed by atoms with Crippen molar-refractivity contribution < 1.29 is 9.53 Å². The smallest absolute Gasteiger partial charge is 0.264 e. The monoisotopic (exact) mass is 258 g/mol. The lowest BCUT2D eigenvalue weighted by atomic mass is 10.2. The van der Waals surface area contributed by atoms with Crippen LogP contribution in [0.1, 0.15) is 5.56 Å². The summed E-state index contributed by atoms with van der Waals surface area (Å²) < 4.78 is 5.36. The Morgan fingerprint density at radius 2 is 2.05 bits per heavy atom. The fourth-order valence-corrected chi connectivity index (χ4v) is 1.44. The molecule has 98 valence electrons. The van der Waals surface area contributed by atoms with Crippen molar-refractivity contribution in [1.82, 2.24) is 9.97 Å². The number of hydrogen-bond acceptors (Lipinski definition) is 5. The van der Waals surface area contributed by atoms with Crippen LogP contribution in [0.25, 0.3) is 0 Å². The molecule has 0 fully saturated rings. The van der Waals surface area contributed by atoms with E-state index in [1.54, 1.807) is 30.6 Å². The third-order valence-corrected chi connectivity index (χ3v) is 2.32. The molecule has 1 heterocycles. The van der Waals surface area contributed by atoms with Gasteiger partial charge in [-0.1, -0.05) is 12.1 Å². The Balaban J connectivity index is 1.86. The van der Waals surface area contributed by atoms with E-state index in [2.05, 4.69) is 15.3 Å². The van der Waals surface area contributed by atoms with Crippen LogP contribution in [0.2, 0.25) is 0 Å². The van der Waals surface area contributed by atoms with E-state index in [0.717, 1.165) is 5.56 Å². The minimum absolute atomic E-state index is 0.105. The van der Waals surface area contributed by atoms with Gasteiger partial charge < -0.3 is 10.5 Å². The van der Waals surface area contributed by atoms with Gasteiger partial charge in [0.05, 0.1) is 0 Å². The van der Waals surface area contributed by atoms with Gasteiger partial charge in [-0.05, 0) is 23.8 Å². The Morgan fingerprint density at radius 1 is 1.26 bits per heavy atom. The van der Waals surface area contributed by atoms with E-state index in [-0.39, 0.29) is 18.5 Å². The lowest BCUT2D eigenvalue weighted by Gasteiger charge is -2.07. The summed E-state index contributed by atoms with van der Waals surface area (Å²) in [6, 6.07) is 8.96. The van der Waals surface area contributed by atoms with E-state index in [9.17, 15) is 4.79 Å². The molecule has 6 nitrogen and oxygen atoms in total. The third kappa shape index (κ3) is 4.04. The normalized spacial score (nSPS) is 9.95. The molecule has 0 saturated heterocycles. The largest absolute Gasteiger partial charge is 0.484 e. The van der Waals surface area contributed by atoms with E-state index < -0.39 is 0 Å². The van der Waals surface area contributed by atoms with Crippen LogP contribution in [-0.2, 0) is 11.3 Å². The molecule has 19 heavy (non-hydrogen) atoms. The van der Waals surface area contributed by atoms with Crippen LogP contribution in [0.15, 0.2) is 42.7 Å². The molecule has 0 radical (unpaired) electrons. The number of aromatic nitrogens is 2. The van der Waals surface area contributed by atoms with Crippen molar-refractivity contribution in [1.29, 1.82) is 0 Å². The maximum atomic E-state index is 11.6. The topological polar surface area (TPSA) is 90.1 Å². The first kappa shape index (κ1) is 13.0. The molecule has 0 unspecified atom stereocenters. The summed E-state index contributed by atoms with van der Waals surface area (Å²) in [6.07, 6.45) is 3.10. The standard InChI is InChI=1S/C13H14N4O2/c14-8-10-3-1-4-11(7-10)19-9-12(18)17-13-15-5-2-6-16-13/h1-7H,8-9,14H2,(H,15,16,17,18). The number of nitrogens with two attached hydrogens (primary N) is 1. The van der Waals surface area contributed by atoms with Gasteiger partial charge in [-0.25, -0.2) is 9.97 Å². The molecule has 0 aliphatic rings. The molecule has 6 heteroatoms. The third-order valence-electron chi connectivity index (χ3n) is 2.32. The van der Waals surface area contributed by atoms with Gasteiger partial charge >= 0.3 is 0 Å². The molecular formula is C13H14N4O2. The fourth-order valence-electron chi connectivity index (χ4n) is 1.44. The summed E-state index contributed by atoms with van der Waals surface area (Å²) in [5, 5.41) is 2.53. The van der Waals surface area contributed by atoms with Crippen LogP contribution in [-0.4, -0.2) is 22.5 Å². The zero-order chi connectivity index (χ0) is 13.5. The highest BCUT2D eigenvalue weighted by atomic mass is 16.5. The highest BCUT2D eigenvalue weighted by Crippen LogP contribution is 2.12. The van der Waals surface area contributed by atoms with Crippen molar-refractivity contribution in [2.24, 2.45) is 5.73 Å². The van der Waals surface area contributed by atoms with Gasteiger partial charge in [0.25, 0.3) is 5.91 Å². The van der Waals surface area contributed by atoms with Crippen LogP contribution in [0, 0.1) is 0 Å². The lowest BCUT2D eigenvalue weighted by Crippen LogP contribution is -2.21. The summed E-state index contributed by atoms with van der Waals surface area (Å²) in [5.41, 5.74) is 6.47. The van der Waals surface area contributed by atoms with Crippen LogP contribution in [0.4, 0.5) is 5.95 Å². The molecule has 0 aliphatic heterocycles. The van der Waals surface area contributed by atoms with Gasteiger partial charge in [-0.3, -0.25) is 10.1 Å². The molecule has 0 atom stereocenters. The zero-order valence-electron chi connectivity index (χ0n) is 10.2. The number of rotatable bonds is 5. The maximum absolute atomic E-state index is 11.6. The number of nitrogens with one attached hydrogen (secondary N) is 1. The van der Waals surface area contributed by atoms with Crippen molar-refractivity contribution in [3.05, 3.63) is 48.3 Å². The average Bonchev–Trinajstić information content (AvgIpc) is 2.46. The minimum Gasteiger partial charge on any atom is -0.484 e. The van der Waals surface area contributed by atoms with Crippen molar-refractivity contribution >= 4 is 11.9 Å². The van der Waals surface area contributed by atoms with Gasteiger partial charge in [0, 0.05) is 18.9 Å². The van der Waals surface area contributed by atoms with E-state index in [4.69, 9.17) is 10.5 Å². The fraction of sp³-hybridized carbons (Fsp3) is 0.154. The Bertz CT molecular complexity index is 545. The zero-order valence-corrected chi connectivity index (χ0v) is 10.2. The van der Waals surface area contributed by atoms with Crippen LogP contribution in [0.3, 0.4) is 0 Å². The highest BCUT2D eigenvalue weighted by molar-refractivity contribution is 5.90. The molecular weight excluding hydrogens is 244 g/mol. The van der Waals surface area contributed by atoms with Gasteiger partial charge in [0.1, 0.15) is 5.75 Å². The summed E-state index contributed by atoms with van der Waals surface area (Å²) >= 11 is 0. The molecule has 3 N–H and O–H groups in total. The second kappa shape index (κ2) is 6.46. The van der Waals surface area contributed by atoms with Crippen molar-refractivity contribution in [3.8, 4) is 5.75 Å². The average molecular weight is 258 g/mol. The second-order valence-electron chi connectivity index (χ2n) is 3.76. The SMILES string of the molecule is NCc1cccc(OCC(=O)Nc2ncccn2)c1. The summed E-state index contributed by atoms with van der Waals surface area (Å²) in [7, 11) is 0. The first-order valence-corrected chi connectivity index (χ1v) is 5.76. The first-order valence-electron chi connectivity index (χ1n) is 5.76. The number of ether oxygens (including phenoxy) is 1. The van der Waals surface area contributed by atoms with Gasteiger partial charge in [-0.2, -0.15) is 0 Å². The Morgan fingerprint density at radius 3 is 2.79 bits per heavy atom. The number of carbonyl (C=O) groups is 1. The predicted octanol–water partition coefficient (Wildman–Crippen LogP) is 0.953. The number of amides is 1. The molecule has 0 aliphatic carbocycles. The molecule has 1 amide bonds. The lowest BCUT2D eigenvalue weighted by molar-refractivity contribution is -0.118. The number of nitrogens with zero attached hydrogens (tertiary/aromatic N) is 2. The summed E-state index contributed by atoms with van der Waals surface area (Å²) in [6.45, 7) is 0.327. The molecule has 1 aromatic carbocycles. The Labute approximate surface area is 110 Å². The minimum atomic E-state index is -0.315. The highest BCUT2D eigenvalue weighted by Gasteiger charge is 2.05. The van der Waals surface area contributed by atoms with Gasteiger partial charge in [0.2, 0.25) is 5.95 Å². The van der Waals surface area contributed by atoms with Crippen LogP contribution < -0.4 is 15.8 Å². The van der Waals surface area contributed by atoms with Crippen LogP contribution in [0.5, 0.6) is 5.75 Å². The second-order valence-corrected chi connectivity index (χ2v) is 3.76. The Kier molecular flexibility index (Phi) is 4.41. The van der Waals surface area contributed by atoms with Gasteiger partial charge in [-0.15, -0.1) is 0 Å². The van der Waals surface area contributed by atoms with Crippen LogP contribution >= 0.6 is 0 Å². The number of hydrogen-bond donors (Lipinski definition) is 2. The van der Waals surface area contributed by atoms with E-state index in [0.29, 0.717) is 12.3 Å². The summed E-state index contributed by atoms with van der Waals surface area (Å²) in [4.78, 5) is 19.4. The van der Waals surface area contributed by atoms with Gasteiger partial charge in [0.15, 0.2) is 6.61 Å². The molecule has 1 aromatic heterocycles. The number of anilines is 1. The number of benzene rings is 1. The Hall–Kier alpha value is -2.47. The first-order chi connectivity index (χ1) is 9.28. The van der Waals surface area contributed by atoms with E-state index >= 15 is 0 Å².